The number of nitrogens with zero attached hydrogens (tertiary/aromatic N) is 1. The molecular weight excluding hydrogens is 356 g/mol. The quantitative estimate of drug-likeness (QED) is 0.657. The zero-order valence-electron chi connectivity index (χ0n) is 16.5. The first-order chi connectivity index (χ1) is 13.3. The zero-order chi connectivity index (χ0) is 19.9. The maximum absolute atomic E-state index is 12.8. The Kier molecular flexibility index (Phi) is 4.97. The van der Waals surface area contributed by atoms with Crippen molar-refractivity contribution in [2.75, 3.05) is 13.1 Å². The van der Waals surface area contributed by atoms with Crippen molar-refractivity contribution in [2.45, 2.75) is 57.8 Å². The second-order valence-corrected chi connectivity index (χ2v) is 8.66. The molecule has 150 valence electrons. The third-order valence-electron chi connectivity index (χ3n) is 6.42. The molecule has 7 nitrogen and oxygen atoms in total. The first-order valence-electron chi connectivity index (χ1n) is 10.1. The van der Waals surface area contributed by atoms with E-state index in [4.69, 9.17) is 0 Å². The van der Waals surface area contributed by atoms with Gasteiger partial charge in [0.1, 0.15) is 6.04 Å². The lowest BCUT2D eigenvalue weighted by Crippen LogP contribution is -2.52. The lowest BCUT2D eigenvalue weighted by atomic mass is 9.86. The maximum Gasteiger partial charge on any atom is 0.255 e. The number of carbonyl (C=O) groups is 3. The minimum Gasteiger partial charge on any atom is -0.322 e. The SMILES string of the molecule is CC(C)(NCc1ccc2c(c1)CN(C1CCC(=O)NC1=O)C2=O)C1CCNC1. The van der Waals surface area contributed by atoms with Gasteiger partial charge in [0.25, 0.3) is 5.91 Å². The molecule has 3 amide bonds. The topological polar surface area (TPSA) is 90.5 Å². The van der Waals surface area contributed by atoms with Crippen LogP contribution in [0, 0.1) is 5.92 Å². The van der Waals surface area contributed by atoms with Gasteiger partial charge in [0.05, 0.1) is 0 Å². The van der Waals surface area contributed by atoms with Crippen molar-refractivity contribution in [3.8, 4) is 0 Å². The number of carbonyl (C=O) groups excluding carboxylic acids is 3. The second-order valence-electron chi connectivity index (χ2n) is 8.66. The van der Waals surface area contributed by atoms with Crippen LogP contribution in [0.3, 0.4) is 0 Å². The molecule has 0 saturated carbocycles. The first-order valence-corrected chi connectivity index (χ1v) is 10.1. The van der Waals surface area contributed by atoms with E-state index >= 15 is 0 Å². The van der Waals surface area contributed by atoms with E-state index in [0.717, 1.165) is 30.8 Å². The maximum atomic E-state index is 12.8. The summed E-state index contributed by atoms with van der Waals surface area (Å²) in [6.45, 7) is 7.76. The van der Waals surface area contributed by atoms with Gasteiger partial charge >= 0.3 is 0 Å². The average molecular weight is 384 g/mol. The Morgan fingerprint density at radius 2 is 2.04 bits per heavy atom. The molecule has 2 unspecified atom stereocenters. The Labute approximate surface area is 165 Å². The molecule has 0 radical (unpaired) electrons. The molecule has 1 aromatic carbocycles. The van der Waals surface area contributed by atoms with Crippen LogP contribution in [-0.2, 0) is 22.7 Å². The summed E-state index contributed by atoms with van der Waals surface area (Å²) in [5.41, 5.74) is 2.79. The molecule has 7 heteroatoms. The normalized spacial score (nSPS) is 25.2. The molecular formula is C21H28N4O3. The molecule has 3 N–H and O–H groups in total. The molecule has 0 bridgehead atoms. The van der Waals surface area contributed by atoms with Crippen molar-refractivity contribution in [1.82, 2.24) is 20.9 Å². The predicted octanol–water partition coefficient (Wildman–Crippen LogP) is 0.925. The van der Waals surface area contributed by atoms with Crippen molar-refractivity contribution in [2.24, 2.45) is 5.92 Å². The van der Waals surface area contributed by atoms with Crippen LogP contribution in [0.5, 0.6) is 0 Å². The highest BCUT2D eigenvalue weighted by Gasteiger charge is 2.39. The van der Waals surface area contributed by atoms with E-state index in [1.54, 1.807) is 4.90 Å². The number of hydrogen-bond acceptors (Lipinski definition) is 5. The number of nitrogens with one attached hydrogen (secondary N) is 3. The summed E-state index contributed by atoms with van der Waals surface area (Å²) in [6.07, 6.45) is 1.85. The molecule has 1 aromatic rings. The number of benzene rings is 1. The molecule has 0 spiro atoms. The largest absolute Gasteiger partial charge is 0.322 e. The Balaban J connectivity index is 1.43. The third kappa shape index (κ3) is 3.56. The van der Waals surface area contributed by atoms with Gasteiger partial charge in [-0.1, -0.05) is 12.1 Å². The summed E-state index contributed by atoms with van der Waals surface area (Å²) in [4.78, 5) is 37.9. The molecule has 3 heterocycles. The molecule has 3 aliphatic heterocycles. The molecule has 2 saturated heterocycles. The standard InChI is InChI=1S/C21H28N4O3/c1-21(2,15-7-8-22-11-15)23-10-13-3-4-16-14(9-13)12-25(20(16)28)17-5-6-18(26)24-19(17)27/h3-4,9,15,17,22-23H,5-8,10-12H2,1-2H3,(H,24,26,27). The van der Waals surface area contributed by atoms with E-state index < -0.39 is 6.04 Å². The number of amides is 3. The Morgan fingerprint density at radius 1 is 1.21 bits per heavy atom. The summed E-state index contributed by atoms with van der Waals surface area (Å²) in [6, 6.07) is 5.36. The van der Waals surface area contributed by atoms with E-state index in [0.29, 0.717) is 24.4 Å². The highest BCUT2D eigenvalue weighted by atomic mass is 16.2. The molecule has 2 atom stereocenters. The van der Waals surface area contributed by atoms with Gasteiger partial charge in [-0.15, -0.1) is 0 Å². The fraction of sp³-hybridized carbons (Fsp3) is 0.571. The molecule has 2 fully saturated rings. The van der Waals surface area contributed by atoms with Gasteiger partial charge in [0.2, 0.25) is 11.8 Å². The van der Waals surface area contributed by atoms with Crippen LogP contribution in [-0.4, -0.2) is 47.3 Å². The Bertz CT molecular complexity index is 814. The van der Waals surface area contributed by atoms with Gasteiger partial charge in [0.15, 0.2) is 0 Å². The van der Waals surface area contributed by atoms with Crippen LogP contribution in [0.25, 0.3) is 0 Å². The fourth-order valence-electron chi connectivity index (χ4n) is 4.48. The van der Waals surface area contributed by atoms with Gasteiger partial charge in [-0.05, 0) is 62.9 Å². The van der Waals surface area contributed by atoms with Crippen molar-refractivity contribution >= 4 is 17.7 Å². The minimum atomic E-state index is -0.562. The molecule has 0 aromatic heterocycles. The number of hydrogen-bond donors (Lipinski definition) is 3. The number of fused-ring (bicyclic) bond motifs is 1. The van der Waals surface area contributed by atoms with Gasteiger partial charge in [-0.2, -0.15) is 0 Å². The number of imide groups is 1. The van der Waals surface area contributed by atoms with Crippen molar-refractivity contribution in [1.29, 1.82) is 0 Å². The second kappa shape index (κ2) is 7.29. The van der Waals surface area contributed by atoms with Gasteiger partial charge < -0.3 is 15.5 Å². The highest BCUT2D eigenvalue weighted by molar-refractivity contribution is 6.05. The third-order valence-corrected chi connectivity index (χ3v) is 6.42. The van der Waals surface area contributed by atoms with E-state index in [-0.39, 0.29) is 29.7 Å². The fourth-order valence-corrected chi connectivity index (χ4v) is 4.48. The summed E-state index contributed by atoms with van der Waals surface area (Å²) in [7, 11) is 0. The number of piperidine rings is 1. The van der Waals surface area contributed by atoms with Gasteiger partial charge in [-0.25, -0.2) is 0 Å². The summed E-state index contributed by atoms with van der Waals surface area (Å²) in [5.74, 6) is -0.155. The van der Waals surface area contributed by atoms with Crippen LogP contribution < -0.4 is 16.0 Å². The monoisotopic (exact) mass is 384 g/mol. The number of rotatable bonds is 5. The van der Waals surface area contributed by atoms with Crippen LogP contribution in [0.2, 0.25) is 0 Å². The van der Waals surface area contributed by atoms with Crippen LogP contribution in [0.4, 0.5) is 0 Å². The molecule has 28 heavy (non-hydrogen) atoms. The predicted molar refractivity (Wildman–Crippen MR) is 104 cm³/mol. The zero-order valence-corrected chi connectivity index (χ0v) is 16.5. The van der Waals surface area contributed by atoms with Gasteiger partial charge in [0, 0.05) is 30.6 Å². The lowest BCUT2D eigenvalue weighted by Gasteiger charge is -2.32. The van der Waals surface area contributed by atoms with Crippen LogP contribution >= 0.6 is 0 Å². The lowest BCUT2D eigenvalue weighted by molar-refractivity contribution is -0.136. The van der Waals surface area contributed by atoms with Crippen molar-refractivity contribution in [3.63, 3.8) is 0 Å². The first kappa shape index (κ1) is 19.1. The van der Waals surface area contributed by atoms with Gasteiger partial charge in [-0.3, -0.25) is 19.7 Å². The highest BCUT2D eigenvalue weighted by Crippen LogP contribution is 2.29. The Morgan fingerprint density at radius 3 is 2.75 bits per heavy atom. The van der Waals surface area contributed by atoms with Crippen molar-refractivity contribution < 1.29 is 14.4 Å². The Hall–Kier alpha value is -2.25. The summed E-state index contributed by atoms with van der Waals surface area (Å²) in [5, 5.41) is 9.43. The van der Waals surface area contributed by atoms with Crippen LogP contribution in [0.15, 0.2) is 18.2 Å². The smallest absolute Gasteiger partial charge is 0.255 e. The van der Waals surface area contributed by atoms with Crippen molar-refractivity contribution in [3.05, 3.63) is 34.9 Å². The molecule has 4 rings (SSSR count). The van der Waals surface area contributed by atoms with E-state index in [1.807, 2.05) is 12.1 Å². The summed E-state index contributed by atoms with van der Waals surface area (Å²) < 4.78 is 0. The van der Waals surface area contributed by atoms with E-state index in [2.05, 4.69) is 35.9 Å². The average Bonchev–Trinajstić information content (AvgIpc) is 3.30. The summed E-state index contributed by atoms with van der Waals surface area (Å²) >= 11 is 0. The van der Waals surface area contributed by atoms with E-state index in [9.17, 15) is 14.4 Å². The minimum absolute atomic E-state index is 0.0388. The van der Waals surface area contributed by atoms with Crippen LogP contribution in [0.1, 0.15) is 54.6 Å². The molecule has 3 aliphatic rings. The molecule has 0 aliphatic carbocycles. The van der Waals surface area contributed by atoms with E-state index in [1.165, 1.54) is 6.42 Å².